The maximum Gasteiger partial charge on any atom is 0.397 e. The number of hydrazine groups is 10. The van der Waals surface area contributed by atoms with Crippen molar-refractivity contribution in [1.82, 2.24) is 166 Å². The molecule has 0 bridgehead atoms. The Hall–Kier alpha value is -12.0. The number of nitrogens with two attached hydrogens (primary N) is 4. The van der Waals surface area contributed by atoms with E-state index in [0.717, 1.165) is 70.3 Å². The van der Waals surface area contributed by atoms with Crippen LogP contribution in [0.4, 0.5) is 0 Å². The van der Waals surface area contributed by atoms with E-state index in [1.807, 2.05) is 17.9 Å². The number of hydrazone groups is 2. The van der Waals surface area contributed by atoms with E-state index in [2.05, 4.69) is 115 Å². The van der Waals surface area contributed by atoms with Crippen LogP contribution in [0.5, 0.6) is 0 Å². The van der Waals surface area contributed by atoms with Gasteiger partial charge in [0, 0.05) is 154 Å². The van der Waals surface area contributed by atoms with Crippen molar-refractivity contribution >= 4 is 200 Å². The lowest BCUT2D eigenvalue weighted by atomic mass is 9.83. The van der Waals surface area contributed by atoms with Crippen molar-refractivity contribution in [3.8, 4) is 0 Å². The van der Waals surface area contributed by atoms with E-state index < -0.39 is 187 Å². The van der Waals surface area contributed by atoms with Gasteiger partial charge in [-0.1, -0.05) is 0 Å². The standard InChI is InChI=1S/C12H24B2N6O7.C12H18B2N6O6.C12H16N6O4.C10H16N6O4.C9H22B2N6O4.C8H20B2N6O4.C3H10N2.ClH/c1-13(26)18-16-10(22)7-20(8-11(23)17-19-14(2)27)6-5-15-9(21)3-4-12(24)25;1-13(25)19-11(9(23)15-19)18(12-10(24)16-20(12)14(2)26)6-5-17-7(21)3-4-8(17)22;1-13-15-9(19)7-17(8-10(20)16-14-2)5-6-18-11(21)3-4-12(18)22;11-13-7(17)5-15(6-8(18)14-12)3-4-16-9(19)1-2-10(16)20;1-10(20)15-13-7(18)6-16(5-4-12-3)9-8(19)14-17(9)11(2)21;1-9(19)14-12-6(17)5-15(4-3-11)8-7(18)13-16(8)10(2)20;1-5-3-2-4;/h3-4,18-19,26-27H,5-8H2,1-2H3,(H,15,21)(H,16,22)(H,17,23)(H,24,25);3-4,11-12,25-26H,5-6H2,1-2H3,(H,15,23)(H,16,24);3-4H,1-2,5-8H2,(H,15,19)(H,16,20);1-2H,3-6,11-12H2,(H,13,17)(H,14,18);9,12,15,20-21H,4-6H2,1-3H3,(H,13,18)(H,14,19);8,14,19-20H,3-5,11H2,1-2H3,(H,12,17)(H,13,18);5H,2-4H2,1H3;1H/b4-3-;;;;;;;. The molecule has 4 saturated heterocycles. The van der Waals surface area contributed by atoms with Gasteiger partial charge < -0.3 is 72.7 Å². The van der Waals surface area contributed by atoms with Crippen molar-refractivity contribution in [2.45, 2.75) is 79.2 Å². The molecule has 0 aromatic rings. The molecular weight excluding hydrogens is 1910 g/mol. The highest BCUT2D eigenvalue weighted by Gasteiger charge is 2.55. The summed E-state index contributed by atoms with van der Waals surface area (Å²) in [6.45, 7) is 20.3. The monoisotopic (exact) mass is 2040 g/mol. The summed E-state index contributed by atoms with van der Waals surface area (Å²) in [4.78, 5) is 248. The lowest BCUT2D eigenvalue weighted by Crippen LogP contribution is -2.84. The van der Waals surface area contributed by atoms with E-state index in [0.29, 0.717) is 25.7 Å². The summed E-state index contributed by atoms with van der Waals surface area (Å²) >= 11 is 0. The Kier molecular flexibility index (Phi) is 63.9. The number of carboxylic acids is 1. The zero-order valence-electron chi connectivity index (χ0n) is 79.6. The van der Waals surface area contributed by atoms with E-state index in [4.69, 9.17) is 48.4 Å². The molecule has 0 aromatic carbocycles. The van der Waals surface area contributed by atoms with Crippen LogP contribution in [0.15, 0.2) is 58.8 Å². The first-order valence-corrected chi connectivity index (χ1v) is 42.8. The van der Waals surface area contributed by atoms with E-state index in [1.54, 1.807) is 11.9 Å². The Morgan fingerprint density at radius 3 is 0.930 bits per heavy atom. The average molecular weight is 2040 g/mol. The second-order valence-electron chi connectivity index (χ2n) is 30.1. The number of nitrogens with zero attached hydrogens (tertiary/aromatic N) is 15. The van der Waals surface area contributed by atoms with Crippen LogP contribution in [0.1, 0.15) is 0 Å². The molecule has 7 rings (SSSR count). The van der Waals surface area contributed by atoms with Gasteiger partial charge >= 0.3 is 62.4 Å². The Balaban J connectivity index is 0.00000167. The summed E-state index contributed by atoms with van der Waals surface area (Å²) in [6, 6.07) is 0. The van der Waals surface area contributed by atoms with E-state index in [9.17, 15) is 116 Å². The second-order valence-corrected chi connectivity index (χ2v) is 30.1. The van der Waals surface area contributed by atoms with E-state index in [1.165, 1.54) is 98.8 Å². The largest absolute Gasteiger partial charge is 0.478 e. The molecule has 67 nitrogen and oxygen atoms in total. The molecule has 19 amide bonds. The van der Waals surface area contributed by atoms with Gasteiger partial charge in [-0.15, -0.1) is 12.4 Å². The van der Waals surface area contributed by atoms with Gasteiger partial charge in [-0.05, 0) is 68.7 Å². The van der Waals surface area contributed by atoms with Crippen molar-refractivity contribution in [2.24, 2.45) is 33.4 Å². The summed E-state index contributed by atoms with van der Waals surface area (Å²) in [5.41, 5.74) is 37.5. The molecule has 76 heteroatoms. The number of hydrogen-bond acceptors (Lipinski definition) is 50. The quantitative estimate of drug-likeness (QED) is 0.00511. The maximum atomic E-state index is 12.1. The molecule has 4 unspecified atom stereocenters. The first kappa shape index (κ1) is 130. The summed E-state index contributed by atoms with van der Waals surface area (Å²) in [7, 11) is -3.85. The van der Waals surface area contributed by atoms with Crippen molar-refractivity contribution in [1.29, 1.82) is 0 Å². The lowest BCUT2D eigenvalue weighted by Gasteiger charge is -2.54. The summed E-state index contributed by atoms with van der Waals surface area (Å²) < 4.78 is 0. The predicted octanol–water partition coefficient (Wildman–Crippen LogP) is -23.5. The van der Waals surface area contributed by atoms with Gasteiger partial charge in [0.05, 0.1) is 52.4 Å². The average Bonchev–Trinajstić information content (AvgIpc) is 0.935. The third-order valence-corrected chi connectivity index (χ3v) is 18.3. The van der Waals surface area contributed by atoms with Gasteiger partial charge in [-0.2, -0.15) is 10.2 Å². The summed E-state index contributed by atoms with van der Waals surface area (Å²) in [6.07, 6.45) is 5.02. The molecule has 7 aliphatic heterocycles. The van der Waals surface area contributed by atoms with Gasteiger partial charge in [-0.3, -0.25) is 189 Å². The van der Waals surface area contributed by atoms with Crippen LogP contribution in [0.25, 0.3) is 0 Å². The number of nitrogens with one attached hydrogen (secondary N) is 19. The van der Waals surface area contributed by atoms with E-state index in [-0.39, 0.29) is 135 Å². The predicted molar refractivity (Wildman–Crippen MR) is 511 cm³/mol. The number of rotatable bonds is 55. The molecular formula is C66H127B8ClN38O29. The first-order valence-electron chi connectivity index (χ1n) is 42.8. The van der Waals surface area contributed by atoms with Crippen LogP contribution in [0.3, 0.4) is 0 Å². The molecule has 0 aliphatic carbocycles. The highest BCUT2D eigenvalue weighted by molar-refractivity contribution is 6.49. The number of carbonyl (C=O) groups is 20. The number of amides is 19. The highest BCUT2D eigenvalue weighted by atomic mass is 35.5. The van der Waals surface area contributed by atoms with Crippen molar-refractivity contribution in [3.05, 3.63) is 48.6 Å². The molecule has 0 spiro atoms. The zero-order chi connectivity index (χ0) is 107. The van der Waals surface area contributed by atoms with Crippen molar-refractivity contribution in [3.63, 3.8) is 0 Å². The molecule has 142 heavy (non-hydrogen) atoms. The summed E-state index contributed by atoms with van der Waals surface area (Å²) in [5.74, 6) is -0.0118. The highest BCUT2D eigenvalue weighted by Crippen LogP contribution is 2.24. The van der Waals surface area contributed by atoms with Gasteiger partial charge in [-0.25, -0.2) is 68.4 Å². The molecule has 7 heterocycles. The molecule has 36 N–H and O–H groups in total. The van der Waals surface area contributed by atoms with Crippen LogP contribution in [-0.4, -0.2) is 480 Å². The molecule has 7 aliphatic rings. The number of aliphatic carboxylic acids is 1. The number of imide groups is 3. The van der Waals surface area contributed by atoms with Crippen LogP contribution in [0.2, 0.25) is 54.6 Å². The minimum absolute atomic E-state index is 0. The molecule has 786 valence electrons. The molecule has 0 radical (unpaired) electrons. The van der Waals surface area contributed by atoms with Crippen LogP contribution in [0, 0.1) is 0 Å². The number of hydrogen-bond donors (Lipinski definition) is 32. The third kappa shape index (κ3) is 49.6. The van der Waals surface area contributed by atoms with Gasteiger partial charge in [0.2, 0.25) is 41.4 Å². The molecule has 4 fully saturated rings. The number of halogens is 1. The number of carboxylic acid groups (broad SMARTS) is 1. The molecule has 0 aromatic heterocycles. The summed E-state index contributed by atoms with van der Waals surface area (Å²) in [5, 5.41) is 107. The molecule has 0 saturated carbocycles. The van der Waals surface area contributed by atoms with Gasteiger partial charge in [0.25, 0.3) is 70.9 Å². The van der Waals surface area contributed by atoms with Gasteiger partial charge in [0.15, 0.2) is 24.7 Å². The smallest absolute Gasteiger partial charge is 0.397 e. The van der Waals surface area contributed by atoms with Crippen LogP contribution in [-0.2, 0) is 95.9 Å². The van der Waals surface area contributed by atoms with Crippen LogP contribution >= 0.6 is 12.4 Å². The Morgan fingerprint density at radius 1 is 0.387 bits per heavy atom. The topological polar surface area (TPSA) is 923 Å². The maximum absolute atomic E-state index is 12.1. The Labute approximate surface area is 823 Å². The van der Waals surface area contributed by atoms with E-state index >= 15 is 0 Å². The minimum Gasteiger partial charge on any atom is -0.478 e. The molecule has 4 atom stereocenters. The Bertz CT molecular complexity index is 4190. The second kappa shape index (κ2) is 69.8. The fraction of sp³-hybridized carbons (Fsp3) is 0.545. The van der Waals surface area contributed by atoms with Gasteiger partial charge in [0.1, 0.15) is 0 Å². The zero-order valence-corrected chi connectivity index (χ0v) is 80.4. The van der Waals surface area contributed by atoms with Crippen molar-refractivity contribution < 1.29 is 141 Å². The minimum atomic E-state index is -1.27. The van der Waals surface area contributed by atoms with Crippen LogP contribution < -0.4 is 126 Å². The fourth-order valence-electron chi connectivity index (χ4n) is 11.9. The fourth-order valence-corrected chi connectivity index (χ4v) is 11.9. The number of likely N-dealkylation sites (N-methyl/N-ethyl adjacent to an activating group) is 2. The third-order valence-electron chi connectivity index (χ3n) is 18.3. The Morgan fingerprint density at radius 2 is 0.669 bits per heavy atom. The number of carbonyl (C=O) groups excluding carboxylic acids is 19. The van der Waals surface area contributed by atoms with Crippen molar-refractivity contribution in [2.75, 3.05) is 158 Å². The lowest BCUT2D eigenvalue weighted by molar-refractivity contribution is -0.178. The first-order chi connectivity index (χ1) is 66.4. The SMILES string of the molecule is C=NNC(=O)CN(CCN1C(=O)C=CC1=O)CC(=O)NN=C.CB(O)N1NC(=O)C1N(CCN1C(=O)C=CC1=O)C1C(=O)NN1B(C)O.CB(O)NNC(=O)CN(CCN)C1C(=O)NN1B(C)O.CB(O)NNC(=O)CN(CCNC(=O)/C=C\C(=O)O)CC(=O)NNB(C)O.CNCCN.CNCCN(CC(=O)NNB(C)O)C1C(=O)NN1B(C)O.Cl.NNC(=O)CN(CCN1C(=O)C=CC1=O)CC(=O)NN. The normalized spacial score (nSPS) is 16.4.